The molecule has 1 amide bonds. The van der Waals surface area contributed by atoms with Gasteiger partial charge in [-0.3, -0.25) is 4.79 Å². The molecule has 0 aliphatic heterocycles. The standard InChI is InChI=1S/C10H15N3O4S/c11-8-6-7(3-4-9(8)14)18(16,17)13-5-1-2-10(12)15/h3-4,6,13-14H,1-2,5,11H2,(H2,12,15). The van der Waals surface area contributed by atoms with Crippen molar-refractivity contribution in [1.82, 2.24) is 4.72 Å². The predicted molar refractivity (Wildman–Crippen MR) is 66.1 cm³/mol. The zero-order chi connectivity index (χ0) is 13.8. The lowest BCUT2D eigenvalue weighted by Gasteiger charge is -2.07. The molecule has 1 rings (SSSR count). The van der Waals surface area contributed by atoms with Crippen molar-refractivity contribution in [2.24, 2.45) is 5.73 Å². The average molecular weight is 273 g/mol. The van der Waals surface area contributed by atoms with E-state index in [0.29, 0.717) is 6.42 Å². The number of amides is 1. The number of anilines is 1. The number of nitrogen functional groups attached to an aromatic ring is 1. The second-order valence-electron chi connectivity index (χ2n) is 3.69. The predicted octanol–water partition coefficient (Wildman–Crippen LogP) is -0.482. The van der Waals surface area contributed by atoms with Gasteiger partial charge in [-0.25, -0.2) is 13.1 Å². The highest BCUT2D eigenvalue weighted by Crippen LogP contribution is 2.22. The number of benzene rings is 1. The SMILES string of the molecule is NC(=O)CCCNS(=O)(=O)c1ccc(O)c(N)c1. The molecule has 0 aromatic heterocycles. The Morgan fingerprint density at radius 3 is 2.61 bits per heavy atom. The van der Waals surface area contributed by atoms with Gasteiger partial charge in [-0.15, -0.1) is 0 Å². The number of phenolic OH excluding ortho intramolecular Hbond substituents is 1. The Kier molecular flexibility index (Phi) is 4.51. The zero-order valence-corrected chi connectivity index (χ0v) is 10.4. The highest BCUT2D eigenvalue weighted by atomic mass is 32.2. The summed E-state index contributed by atoms with van der Waals surface area (Å²) in [6.07, 6.45) is 0.433. The Bertz CT molecular complexity index is 542. The molecule has 100 valence electrons. The van der Waals surface area contributed by atoms with Gasteiger partial charge in [0.05, 0.1) is 10.6 Å². The summed E-state index contributed by atoms with van der Waals surface area (Å²) in [6, 6.07) is 3.60. The van der Waals surface area contributed by atoms with Gasteiger partial charge in [0.1, 0.15) is 5.75 Å². The molecule has 0 aliphatic rings. The van der Waals surface area contributed by atoms with E-state index < -0.39 is 15.9 Å². The van der Waals surface area contributed by atoms with E-state index in [0.717, 1.165) is 6.07 Å². The lowest BCUT2D eigenvalue weighted by Crippen LogP contribution is -2.26. The molecular weight excluding hydrogens is 258 g/mol. The van der Waals surface area contributed by atoms with Gasteiger partial charge in [0, 0.05) is 13.0 Å². The Hall–Kier alpha value is -1.80. The van der Waals surface area contributed by atoms with Crippen LogP contribution in [0.2, 0.25) is 0 Å². The van der Waals surface area contributed by atoms with Gasteiger partial charge in [-0.05, 0) is 24.6 Å². The van der Waals surface area contributed by atoms with Gasteiger partial charge < -0.3 is 16.6 Å². The van der Waals surface area contributed by atoms with Crippen molar-refractivity contribution in [3.8, 4) is 5.75 Å². The highest BCUT2D eigenvalue weighted by Gasteiger charge is 2.14. The Labute approximate surface area is 105 Å². The van der Waals surface area contributed by atoms with Crippen LogP contribution in [0.5, 0.6) is 5.75 Å². The molecule has 0 radical (unpaired) electrons. The van der Waals surface area contributed by atoms with Crippen molar-refractivity contribution in [2.45, 2.75) is 17.7 Å². The summed E-state index contributed by atoms with van der Waals surface area (Å²) in [4.78, 5) is 10.4. The molecule has 0 saturated carbocycles. The number of phenols is 1. The normalized spacial score (nSPS) is 11.3. The minimum absolute atomic E-state index is 0.0185. The number of hydrogen-bond acceptors (Lipinski definition) is 5. The molecule has 6 N–H and O–H groups in total. The van der Waals surface area contributed by atoms with Crippen molar-refractivity contribution in [1.29, 1.82) is 0 Å². The summed E-state index contributed by atoms with van der Waals surface area (Å²) in [5, 5.41) is 9.19. The van der Waals surface area contributed by atoms with Crippen molar-refractivity contribution < 1.29 is 18.3 Å². The number of nitrogens with two attached hydrogens (primary N) is 2. The molecule has 0 aliphatic carbocycles. The minimum Gasteiger partial charge on any atom is -0.506 e. The van der Waals surface area contributed by atoms with E-state index >= 15 is 0 Å². The van der Waals surface area contributed by atoms with Crippen LogP contribution in [0.3, 0.4) is 0 Å². The first kappa shape index (κ1) is 14.3. The van der Waals surface area contributed by atoms with Crippen molar-refractivity contribution in [2.75, 3.05) is 12.3 Å². The van der Waals surface area contributed by atoms with Gasteiger partial charge in [-0.1, -0.05) is 0 Å². The summed E-state index contributed by atoms with van der Waals surface area (Å²) in [5.41, 5.74) is 10.3. The maximum absolute atomic E-state index is 11.8. The van der Waals surface area contributed by atoms with Crippen LogP contribution in [0.25, 0.3) is 0 Å². The van der Waals surface area contributed by atoms with E-state index in [9.17, 15) is 18.3 Å². The Morgan fingerprint density at radius 2 is 2.06 bits per heavy atom. The van der Waals surface area contributed by atoms with Crippen LogP contribution in [-0.4, -0.2) is 26.0 Å². The molecule has 0 heterocycles. The minimum atomic E-state index is -3.69. The number of sulfonamides is 1. The largest absolute Gasteiger partial charge is 0.506 e. The molecule has 8 heteroatoms. The van der Waals surface area contributed by atoms with Crippen molar-refractivity contribution in [3.05, 3.63) is 18.2 Å². The van der Waals surface area contributed by atoms with E-state index in [1.165, 1.54) is 12.1 Å². The maximum Gasteiger partial charge on any atom is 0.240 e. The van der Waals surface area contributed by atoms with E-state index in [4.69, 9.17) is 11.5 Å². The highest BCUT2D eigenvalue weighted by molar-refractivity contribution is 7.89. The third-order valence-corrected chi connectivity index (χ3v) is 3.66. The fraction of sp³-hybridized carbons (Fsp3) is 0.300. The van der Waals surface area contributed by atoms with Crippen molar-refractivity contribution >= 4 is 21.6 Å². The van der Waals surface area contributed by atoms with Crippen LogP contribution in [0.4, 0.5) is 5.69 Å². The summed E-state index contributed by atoms with van der Waals surface area (Å²) < 4.78 is 25.9. The van der Waals surface area contributed by atoms with Crippen molar-refractivity contribution in [3.63, 3.8) is 0 Å². The Morgan fingerprint density at radius 1 is 1.39 bits per heavy atom. The average Bonchev–Trinajstić information content (AvgIpc) is 2.28. The fourth-order valence-electron chi connectivity index (χ4n) is 1.25. The molecule has 0 fully saturated rings. The molecular formula is C10H15N3O4S. The van der Waals surface area contributed by atoms with E-state index in [2.05, 4.69) is 4.72 Å². The number of rotatable bonds is 6. The number of aromatic hydroxyl groups is 1. The lowest BCUT2D eigenvalue weighted by molar-refractivity contribution is -0.118. The van der Waals surface area contributed by atoms with Gasteiger partial charge in [-0.2, -0.15) is 0 Å². The molecule has 7 nitrogen and oxygen atoms in total. The van der Waals surface area contributed by atoms with Gasteiger partial charge in [0.15, 0.2) is 0 Å². The smallest absolute Gasteiger partial charge is 0.240 e. The number of carbonyl (C=O) groups is 1. The fourth-order valence-corrected chi connectivity index (χ4v) is 2.36. The number of primary amides is 1. The summed E-state index contributed by atoms with van der Waals surface area (Å²) >= 11 is 0. The molecule has 1 aromatic carbocycles. The summed E-state index contributed by atoms with van der Waals surface area (Å²) in [6.45, 7) is 0.103. The summed E-state index contributed by atoms with van der Waals surface area (Å²) in [5.74, 6) is -0.661. The second kappa shape index (κ2) is 5.69. The van der Waals surface area contributed by atoms with Crippen LogP contribution >= 0.6 is 0 Å². The monoisotopic (exact) mass is 273 g/mol. The van der Waals surface area contributed by atoms with Gasteiger partial charge in [0.25, 0.3) is 0 Å². The number of carbonyl (C=O) groups excluding carboxylic acids is 1. The van der Waals surface area contributed by atoms with Crippen LogP contribution in [0.1, 0.15) is 12.8 Å². The molecule has 0 saturated heterocycles. The second-order valence-corrected chi connectivity index (χ2v) is 5.46. The molecule has 18 heavy (non-hydrogen) atoms. The summed E-state index contributed by atoms with van der Waals surface area (Å²) in [7, 11) is -3.69. The first-order valence-electron chi connectivity index (χ1n) is 5.19. The van der Waals surface area contributed by atoms with Crippen LogP contribution < -0.4 is 16.2 Å². The van der Waals surface area contributed by atoms with Gasteiger partial charge >= 0.3 is 0 Å². The number of hydrogen-bond donors (Lipinski definition) is 4. The molecule has 0 unspecified atom stereocenters. The first-order chi connectivity index (χ1) is 8.33. The third-order valence-electron chi connectivity index (χ3n) is 2.20. The van der Waals surface area contributed by atoms with E-state index in [-0.39, 0.29) is 29.3 Å². The third kappa shape index (κ3) is 3.90. The van der Waals surface area contributed by atoms with Crippen LogP contribution in [0.15, 0.2) is 23.1 Å². The molecule has 0 spiro atoms. The molecule has 0 atom stereocenters. The van der Waals surface area contributed by atoms with Crippen LogP contribution in [0, 0.1) is 0 Å². The quantitative estimate of drug-likeness (QED) is 0.315. The Balaban J connectivity index is 2.68. The van der Waals surface area contributed by atoms with Crippen LogP contribution in [-0.2, 0) is 14.8 Å². The first-order valence-corrected chi connectivity index (χ1v) is 6.67. The van der Waals surface area contributed by atoms with E-state index in [1.807, 2.05) is 0 Å². The lowest BCUT2D eigenvalue weighted by atomic mass is 10.3. The zero-order valence-electron chi connectivity index (χ0n) is 9.59. The maximum atomic E-state index is 11.8. The number of nitrogens with one attached hydrogen (secondary N) is 1. The van der Waals surface area contributed by atoms with E-state index in [1.54, 1.807) is 0 Å². The topological polar surface area (TPSA) is 136 Å². The molecule has 1 aromatic rings. The van der Waals surface area contributed by atoms with Gasteiger partial charge in [0.2, 0.25) is 15.9 Å². The molecule has 0 bridgehead atoms.